The normalized spacial score (nSPS) is 10.1. The van der Waals surface area contributed by atoms with Crippen molar-refractivity contribution in [1.29, 1.82) is 0 Å². The molecule has 0 bridgehead atoms. The van der Waals surface area contributed by atoms with Gasteiger partial charge in [-0.1, -0.05) is 0 Å². The van der Waals surface area contributed by atoms with Crippen LogP contribution in [0.25, 0.3) is 0 Å². The Labute approximate surface area is 125 Å². The number of nitrogens with zero attached hydrogens (tertiary/aromatic N) is 1. The lowest BCUT2D eigenvalue weighted by atomic mass is 10.3. The minimum Gasteiger partial charge on any atom is -0.344 e. The number of hydrogen-bond donors (Lipinski definition) is 2. The molecule has 2 heterocycles. The zero-order chi connectivity index (χ0) is 15.2. The molecule has 21 heavy (non-hydrogen) atoms. The van der Waals surface area contributed by atoms with Gasteiger partial charge in [-0.2, -0.15) is 11.3 Å². The monoisotopic (exact) mass is 305 g/mol. The number of carbonyl (C=O) groups excluding carboxylic acids is 2. The summed E-state index contributed by atoms with van der Waals surface area (Å²) in [4.78, 5) is 34.9. The van der Waals surface area contributed by atoms with E-state index in [2.05, 4.69) is 10.6 Å². The van der Waals surface area contributed by atoms with Crippen LogP contribution in [0.15, 0.2) is 40.0 Å². The minimum atomic E-state index is -0.758. The minimum absolute atomic E-state index is 0.155. The summed E-state index contributed by atoms with van der Waals surface area (Å²) < 4.78 is 1.44. The van der Waals surface area contributed by atoms with Gasteiger partial charge in [0.2, 0.25) is 0 Å². The van der Waals surface area contributed by atoms with E-state index >= 15 is 0 Å². The predicted octanol–water partition coefficient (Wildman–Crippen LogP) is 1.18. The summed E-state index contributed by atoms with van der Waals surface area (Å²) >= 11 is 1.52. The Morgan fingerprint density at radius 1 is 1.24 bits per heavy atom. The van der Waals surface area contributed by atoms with Gasteiger partial charge in [-0.3, -0.25) is 14.4 Å². The highest BCUT2D eigenvalue weighted by molar-refractivity contribution is 7.07. The molecule has 2 N–H and O–H groups in total. The quantitative estimate of drug-likeness (QED) is 0.833. The van der Waals surface area contributed by atoms with Gasteiger partial charge in [-0.15, -0.1) is 0 Å². The highest BCUT2D eigenvalue weighted by atomic mass is 32.1. The number of pyridine rings is 1. The van der Waals surface area contributed by atoms with Gasteiger partial charge in [0.05, 0.1) is 5.69 Å². The third kappa shape index (κ3) is 4.03. The fourth-order valence-electron chi connectivity index (χ4n) is 1.70. The summed E-state index contributed by atoms with van der Waals surface area (Å²) in [6.07, 6.45) is 1.51. The summed E-state index contributed by atoms with van der Waals surface area (Å²) in [5, 5.41) is 8.79. The van der Waals surface area contributed by atoms with Crippen LogP contribution in [0.1, 0.15) is 12.5 Å². The van der Waals surface area contributed by atoms with Crippen molar-refractivity contribution in [3.63, 3.8) is 0 Å². The Balaban J connectivity index is 1.94. The molecule has 2 rings (SSSR count). The van der Waals surface area contributed by atoms with Crippen molar-refractivity contribution < 1.29 is 9.59 Å². The highest BCUT2D eigenvalue weighted by Gasteiger charge is 2.13. The summed E-state index contributed by atoms with van der Waals surface area (Å²) in [6, 6.07) is 4.70. The molecule has 6 nitrogen and oxygen atoms in total. The van der Waals surface area contributed by atoms with Gasteiger partial charge >= 0.3 is 11.8 Å². The number of amides is 2. The van der Waals surface area contributed by atoms with Crippen LogP contribution in [0, 0.1) is 0 Å². The molecule has 0 saturated heterocycles. The fraction of sp³-hybridized carbons (Fsp3) is 0.214. The lowest BCUT2D eigenvalue weighted by Crippen LogP contribution is -2.35. The van der Waals surface area contributed by atoms with Gasteiger partial charge in [0, 0.05) is 25.4 Å². The van der Waals surface area contributed by atoms with Gasteiger partial charge < -0.3 is 15.2 Å². The van der Waals surface area contributed by atoms with Crippen molar-refractivity contribution in [2.45, 2.75) is 20.0 Å². The first-order valence-electron chi connectivity index (χ1n) is 6.41. The second-order valence-corrected chi connectivity index (χ2v) is 5.09. The Bertz CT molecular complexity index is 692. The van der Waals surface area contributed by atoms with Crippen molar-refractivity contribution in [3.05, 3.63) is 51.1 Å². The summed E-state index contributed by atoms with van der Waals surface area (Å²) in [5.74, 6) is -1.47. The Kier molecular flexibility index (Phi) is 4.89. The summed E-state index contributed by atoms with van der Waals surface area (Å²) in [5.41, 5.74) is 1.20. The molecule has 0 aliphatic rings. The van der Waals surface area contributed by atoms with E-state index in [1.165, 1.54) is 34.2 Å². The number of rotatable bonds is 4. The number of carbonyl (C=O) groups is 2. The van der Waals surface area contributed by atoms with E-state index in [-0.39, 0.29) is 5.56 Å². The maximum absolute atomic E-state index is 11.7. The van der Waals surface area contributed by atoms with Crippen LogP contribution >= 0.6 is 11.3 Å². The molecule has 7 heteroatoms. The van der Waals surface area contributed by atoms with Crippen molar-refractivity contribution in [3.8, 4) is 0 Å². The molecule has 0 fully saturated rings. The lowest BCUT2D eigenvalue weighted by Gasteiger charge is -2.08. The van der Waals surface area contributed by atoms with E-state index in [0.717, 1.165) is 5.56 Å². The maximum Gasteiger partial charge on any atom is 0.313 e. The molecule has 2 aromatic rings. The molecule has 0 spiro atoms. The molecule has 0 radical (unpaired) electrons. The number of thiophene rings is 1. The third-order valence-electron chi connectivity index (χ3n) is 2.82. The Morgan fingerprint density at radius 2 is 2.05 bits per heavy atom. The van der Waals surface area contributed by atoms with E-state index in [1.54, 1.807) is 0 Å². The van der Waals surface area contributed by atoms with Gasteiger partial charge in [-0.25, -0.2) is 0 Å². The largest absolute Gasteiger partial charge is 0.344 e. The molecule has 0 aliphatic carbocycles. The van der Waals surface area contributed by atoms with Crippen LogP contribution in [0.2, 0.25) is 0 Å². The molecule has 0 atom stereocenters. The van der Waals surface area contributed by atoms with Crippen LogP contribution in [0.3, 0.4) is 0 Å². The molecule has 0 unspecified atom stereocenters. The lowest BCUT2D eigenvalue weighted by molar-refractivity contribution is -0.136. The second-order valence-electron chi connectivity index (χ2n) is 4.31. The van der Waals surface area contributed by atoms with Crippen molar-refractivity contribution in [1.82, 2.24) is 9.88 Å². The number of nitrogens with one attached hydrogen (secondary N) is 2. The highest BCUT2D eigenvalue weighted by Crippen LogP contribution is 2.05. The maximum atomic E-state index is 11.7. The number of aromatic nitrogens is 1. The predicted molar refractivity (Wildman–Crippen MR) is 81.2 cm³/mol. The number of aryl methyl sites for hydroxylation is 1. The Morgan fingerprint density at radius 3 is 2.71 bits per heavy atom. The molecular formula is C14H15N3O3S. The Hall–Kier alpha value is -2.41. The van der Waals surface area contributed by atoms with E-state index in [1.807, 2.05) is 23.8 Å². The van der Waals surface area contributed by atoms with Crippen LogP contribution in [0.5, 0.6) is 0 Å². The average Bonchev–Trinajstić information content (AvgIpc) is 3.00. The SMILES string of the molecule is CCn1cc(NC(=O)C(=O)NCc2ccsc2)ccc1=O. The zero-order valence-electron chi connectivity index (χ0n) is 11.5. The summed E-state index contributed by atoms with van der Waals surface area (Å²) in [6.45, 7) is 2.62. The van der Waals surface area contributed by atoms with Crippen LogP contribution in [-0.2, 0) is 22.7 Å². The second kappa shape index (κ2) is 6.85. The van der Waals surface area contributed by atoms with Crippen LogP contribution < -0.4 is 16.2 Å². The topological polar surface area (TPSA) is 80.2 Å². The van der Waals surface area contributed by atoms with E-state index in [9.17, 15) is 14.4 Å². The first-order valence-corrected chi connectivity index (χ1v) is 7.35. The smallest absolute Gasteiger partial charge is 0.313 e. The van der Waals surface area contributed by atoms with Crippen molar-refractivity contribution in [2.24, 2.45) is 0 Å². The molecular weight excluding hydrogens is 290 g/mol. The fourth-order valence-corrected chi connectivity index (χ4v) is 2.36. The molecule has 0 aromatic carbocycles. The van der Waals surface area contributed by atoms with Gasteiger partial charge in [0.1, 0.15) is 0 Å². The molecule has 0 saturated carbocycles. The summed E-state index contributed by atoms with van der Waals surface area (Å²) in [7, 11) is 0. The average molecular weight is 305 g/mol. The first-order chi connectivity index (χ1) is 10.1. The van der Waals surface area contributed by atoms with Gasteiger partial charge in [0.15, 0.2) is 0 Å². The molecule has 2 amide bonds. The third-order valence-corrected chi connectivity index (χ3v) is 3.55. The van der Waals surface area contributed by atoms with E-state index < -0.39 is 11.8 Å². The first kappa shape index (κ1) is 15.0. The number of anilines is 1. The van der Waals surface area contributed by atoms with Gasteiger partial charge in [-0.05, 0) is 35.4 Å². The molecule has 0 aliphatic heterocycles. The number of hydrogen-bond acceptors (Lipinski definition) is 4. The molecule has 2 aromatic heterocycles. The van der Waals surface area contributed by atoms with E-state index in [4.69, 9.17) is 0 Å². The zero-order valence-corrected chi connectivity index (χ0v) is 12.3. The standard InChI is InChI=1S/C14H15N3O3S/c1-2-17-8-11(3-4-12(17)18)16-14(20)13(19)15-7-10-5-6-21-9-10/h3-6,8-9H,2,7H2,1H3,(H,15,19)(H,16,20). The van der Waals surface area contributed by atoms with Crippen molar-refractivity contribution in [2.75, 3.05) is 5.32 Å². The van der Waals surface area contributed by atoms with Crippen LogP contribution in [0.4, 0.5) is 5.69 Å². The van der Waals surface area contributed by atoms with Crippen molar-refractivity contribution >= 4 is 28.8 Å². The van der Waals surface area contributed by atoms with E-state index in [0.29, 0.717) is 18.8 Å². The van der Waals surface area contributed by atoms with Crippen LogP contribution in [-0.4, -0.2) is 16.4 Å². The van der Waals surface area contributed by atoms with Gasteiger partial charge in [0.25, 0.3) is 5.56 Å². The molecule has 110 valence electrons.